The van der Waals surface area contributed by atoms with Gasteiger partial charge in [-0.2, -0.15) is 9.67 Å². The van der Waals surface area contributed by atoms with Gasteiger partial charge in [0.05, 0.1) is 22.8 Å². The van der Waals surface area contributed by atoms with E-state index in [1.165, 1.54) is 10.9 Å². The highest BCUT2D eigenvalue weighted by Gasteiger charge is 2.30. The van der Waals surface area contributed by atoms with Crippen LogP contribution in [0.25, 0.3) is 49.5 Å². The molecule has 1 aliphatic rings. The van der Waals surface area contributed by atoms with Crippen LogP contribution in [0.4, 0.5) is 8.78 Å². The summed E-state index contributed by atoms with van der Waals surface area (Å²) in [5.41, 5.74) is 1.91. The van der Waals surface area contributed by atoms with Crippen molar-refractivity contribution in [2.75, 3.05) is 6.61 Å². The van der Waals surface area contributed by atoms with E-state index >= 15 is 8.78 Å². The van der Waals surface area contributed by atoms with Crippen molar-refractivity contribution in [3.63, 3.8) is 0 Å². The van der Waals surface area contributed by atoms with E-state index in [4.69, 9.17) is 4.74 Å². The second-order valence-corrected chi connectivity index (χ2v) is 10.4. The van der Waals surface area contributed by atoms with E-state index < -0.39 is 17.9 Å². The molecule has 1 saturated heterocycles. The zero-order chi connectivity index (χ0) is 26.7. The smallest absolute Gasteiger partial charge is 0.321 e. The summed E-state index contributed by atoms with van der Waals surface area (Å²) in [6.07, 6.45) is 8.64. The Hall–Kier alpha value is -4.02. The van der Waals surface area contributed by atoms with E-state index in [9.17, 15) is 4.79 Å². The summed E-state index contributed by atoms with van der Waals surface area (Å²) in [6.45, 7) is 0.526. The Morgan fingerprint density at radius 2 is 1.92 bits per heavy atom. The molecule has 0 spiro atoms. The molecule has 5 heterocycles. The number of hydrogen-bond donors (Lipinski definition) is 1. The summed E-state index contributed by atoms with van der Waals surface area (Å²) in [6, 6.07) is 12.1. The lowest BCUT2D eigenvalue weighted by molar-refractivity contribution is -0.596. The van der Waals surface area contributed by atoms with Gasteiger partial charge >= 0.3 is 5.56 Å². The summed E-state index contributed by atoms with van der Waals surface area (Å²) in [5.74, 6) is -2.03. The normalized spacial score (nSPS) is 15.9. The van der Waals surface area contributed by atoms with Crippen molar-refractivity contribution >= 4 is 48.6 Å². The summed E-state index contributed by atoms with van der Waals surface area (Å²) < 4.78 is 40.5. The molecule has 0 amide bonds. The van der Waals surface area contributed by atoms with Gasteiger partial charge in [-0.1, -0.05) is 6.07 Å². The van der Waals surface area contributed by atoms with Gasteiger partial charge in [0.25, 0.3) is 5.69 Å². The SMILES string of the molecule is O=c1[nH]c2c(cc(Br)c3ncccc32)c(-c2cc(F)c(F)c3c2cnn3C2CCCCO2)c1-[n+]1ccccc1. The number of aromatic amines is 1. The highest BCUT2D eigenvalue weighted by atomic mass is 79.9. The van der Waals surface area contributed by atoms with Gasteiger partial charge in [-0.15, -0.1) is 0 Å². The van der Waals surface area contributed by atoms with Crippen LogP contribution in [0, 0.1) is 11.6 Å². The molecule has 0 bridgehead atoms. The largest absolute Gasteiger partial charge is 0.356 e. The summed E-state index contributed by atoms with van der Waals surface area (Å²) in [4.78, 5) is 21.3. The van der Waals surface area contributed by atoms with E-state index in [-0.39, 0.29) is 16.8 Å². The van der Waals surface area contributed by atoms with Crippen molar-refractivity contribution in [3.8, 4) is 16.8 Å². The minimum Gasteiger partial charge on any atom is -0.356 e. The molecule has 6 aromatic rings. The molecule has 1 N–H and O–H groups in total. The zero-order valence-corrected chi connectivity index (χ0v) is 22.1. The number of nitrogens with one attached hydrogen (secondary N) is 1. The van der Waals surface area contributed by atoms with Gasteiger partial charge in [-0.3, -0.25) is 9.78 Å². The van der Waals surface area contributed by atoms with Gasteiger partial charge in [0.15, 0.2) is 30.3 Å². The Morgan fingerprint density at radius 3 is 2.72 bits per heavy atom. The van der Waals surface area contributed by atoms with Gasteiger partial charge in [0, 0.05) is 51.1 Å². The van der Waals surface area contributed by atoms with Crippen LogP contribution in [0.1, 0.15) is 25.5 Å². The lowest BCUT2D eigenvalue weighted by Gasteiger charge is -2.23. The standard InChI is InChI=1S/C29H20BrF2N5O2/c30-20-13-18-23(17-14-21(31)24(32)27-19(17)15-34-37(27)22-8-2-5-12-39-22)28(36-10-3-1-4-11-36)29(38)35-25(18)16-7-6-9-33-26(16)20/h1,3-4,6-7,9-11,13-15,22H,2,5,8,12H2/p+1. The third-order valence-corrected chi connectivity index (χ3v) is 7.85. The molecule has 7 nitrogen and oxygen atoms in total. The van der Waals surface area contributed by atoms with Crippen molar-refractivity contribution < 1.29 is 18.1 Å². The Morgan fingerprint density at radius 1 is 1.08 bits per heavy atom. The first-order valence-corrected chi connectivity index (χ1v) is 13.4. The molecule has 194 valence electrons. The number of rotatable bonds is 3. The van der Waals surface area contributed by atoms with Gasteiger partial charge in [-0.25, -0.2) is 13.5 Å². The fourth-order valence-corrected chi connectivity index (χ4v) is 6.07. The van der Waals surface area contributed by atoms with Gasteiger partial charge in [0.2, 0.25) is 0 Å². The van der Waals surface area contributed by atoms with E-state index in [2.05, 4.69) is 31.0 Å². The van der Waals surface area contributed by atoms with E-state index in [1.807, 2.05) is 18.2 Å². The highest BCUT2D eigenvalue weighted by Crippen LogP contribution is 2.41. The topological polar surface area (TPSA) is 76.7 Å². The zero-order valence-electron chi connectivity index (χ0n) is 20.5. The van der Waals surface area contributed by atoms with Crippen LogP contribution < -0.4 is 10.1 Å². The van der Waals surface area contributed by atoms with Crippen LogP contribution in [-0.4, -0.2) is 26.4 Å². The summed E-state index contributed by atoms with van der Waals surface area (Å²) in [5, 5.41) is 6.20. The monoisotopic (exact) mass is 588 g/mol. The Balaban J connectivity index is 1.65. The number of benzene rings is 2. The Bertz CT molecular complexity index is 1970. The highest BCUT2D eigenvalue weighted by molar-refractivity contribution is 9.10. The van der Waals surface area contributed by atoms with Crippen molar-refractivity contribution in [2.45, 2.75) is 25.5 Å². The average molecular weight is 589 g/mol. The molecule has 0 aliphatic carbocycles. The van der Waals surface area contributed by atoms with Crippen LogP contribution >= 0.6 is 15.9 Å². The maximum Gasteiger partial charge on any atom is 0.321 e. The quantitative estimate of drug-likeness (QED) is 0.200. The molecule has 0 saturated carbocycles. The molecule has 1 atom stereocenters. The lowest BCUT2D eigenvalue weighted by Crippen LogP contribution is -2.37. The maximum absolute atomic E-state index is 15.5. The Labute approximate surface area is 228 Å². The van der Waals surface area contributed by atoms with Gasteiger partial charge in [-0.05, 0) is 59.5 Å². The first kappa shape index (κ1) is 24.1. The average Bonchev–Trinajstić information content (AvgIpc) is 3.42. The molecular formula is C29H21BrF2N5O2+. The number of aromatic nitrogens is 5. The van der Waals surface area contributed by atoms with Crippen LogP contribution in [-0.2, 0) is 4.74 Å². The molecule has 7 rings (SSSR count). The molecular weight excluding hydrogens is 568 g/mol. The molecule has 4 aromatic heterocycles. The van der Waals surface area contributed by atoms with Crippen molar-refractivity contribution in [2.24, 2.45) is 0 Å². The number of ether oxygens (including phenoxy) is 1. The first-order valence-electron chi connectivity index (χ1n) is 12.6. The number of fused-ring (bicyclic) bond motifs is 4. The van der Waals surface area contributed by atoms with Gasteiger partial charge in [0.1, 0.15) is 5.52 Å². The molecule has 2 aromatic carbocycles. The minimum atomic E-state index is -1.03. The number of halogens is 3. The van der Waals surface area contributed by atoms with Crippen molar-refractivity contribution in [1.29, 1.82) is 0 Å². The summed E-state index contributed by atoms with van der Waals surface area (Å²) >= 11 is 3.63. The van der Waals surface area contributed by atoms with Crippen molar-refractivity contribution in [3.05, 3.63) is 93.7 Å². The number of H-pyrrole nitrogens is 1. The van der Waals surface area contributed by atoms with Crippen molar-refractivity contribution in [1.82, 2.24) is 19.7 Å². The van der Waals surface area contributed by atoms with E-state index in [1.54, 1.807) is 41.4 Å². The van der Waals surface area contributed by atoms with Crippen LogP contribution in [0.15, 0.2) is 76.5 Å². The molecule has 1 fully saturated rings. The third kappa shape index (κ3) is 3.77. The van der Waals surface area contributed by atoms with E-state index in [0.717, 1.165) is 24.3 Å². The molecule has 10 heteroatoms. The fraction of sp³-hybridized carbons (Fsp3) is 0.172. The molecule has 1 aliphatic heterocycles. The van der Waals surface area contributed by atoms with Crippen LogP contribution in [0.2, 0.25) is 0 Å². The molecule has 0 radical (unpaired) electrons. The predicted octanol–water partition coefficient (Wildman–Crippen LogP) is 6.11. The fourth-order valence-electron chi connectivity index (χ4n) is 5.52. The second-order valence-electron chi connectivity index (χ2n) is 9.53. The maximum atomic E-state index is 15.5. The number of pyridine rings is 3. The second kappa shape index (κ2) is 9.32. The molecule has 1 unspecified atom stereocenters. The van der Waals surface area contributed by atoms with Crippen LogP contribution in [0.5, 0.6) is 0 Å². The van der Waals surface area contributed by atoms with E-state index in [0.29, 0.717) is 50.4 Å². The summed E-state index contributed by atoms with van der Waals surface area (Å²) in [7, 11) is 0. The first-order chi connectivity index (χ1) is 19.0. The Kier molecular flexibility index (Phi) is 5.75. The minimum absolute atomic E-state index is 0.0101. The van der Waals surface area contributed by atoms with Crippen LogP contribution in [0.3, 0.4) is 0 Å². The lowest BCUT2D eigenvalue weighted by atomic mass is 9.94. The number of nitrogens with zero attached hydrogens (tertiary/aromatic N) is 4. The third-order valence-electron chi connectivity index (χ3n) is 7.25. The van der Waals surface area contributed by atoms with Gasteiger partial charge < -0.3 is 9.72 Å². The number of hydrogen-bond acceptors (Lipinski definition) is 4. The predicted molar refractivity (Wildman–Crippen MR) is 147 cm³/mol. The molecule has 39 heavy (non-hydrogen) atoms.